The van der Waals surface area contributed by atoms with E-state index in [9.17, 15) is 9.59 Å². The molecule has 1 saturated carbocycles. The minimum Gasteiger partial charge on any atom is -0.449 e. The summed E-state index contributed by atoms with van der Waals surface area (Å²) in [5, 5.41) is 3.66. The number of nitrogens with zero attached hydrogens (tertiary/aromatic N) is 1. The van der Waals surface area contributed by atoms with E-state index in [2.05, 4.69) is 10.3 Å². The number of hydrogen-bond donors (Lipinski definition) is 1. The summed E-state index contributed by atoms with van der Waals surface area (Å²) in [6.07, 6.45) is 1.12. The topological polar surface area (TPSA) is 68.3 Å². The van der Waals surface area contributed by atoms with Gasteiger partial charge in [-0.05, 0) is 31.9 Å². The normalized spacial score (nSPS) is 15.4. The van der Waals surface area contributed by atoms with Crippen molar-refractivity contribution in [1.29, 1.82) is 0 Å². The van der Waals surface area contributed by atoms with Crippen molar-refractivity contribution in [2.45, 2.75) is 31.9 Å². The molecule has 1 fully saturated rings. The van der Waals surface area contributed by atoms with Crippen LogP contribution in [0.2, 0.25) is 5.15 Å². The van der Waals surface area contributed by atoms with Crippen LogP contribution in [0.25, 0.3) is 10.9 Å². The Morgan fingerprint density at radius 3 is 2.82 bits per heavy atom. The number of nitrogens with one attached hydrogen (secondary N) is 1. The number of fused-ring (bicyclic) bond motifs is 1. The van der Waals surface area contributed by atoms with Crippen molar-refractivity contribution < 1.29 is 14.3 Å². The Labute approximate surface area is 132 Å². The van der Waals surface area contributed by atoms with Gasteiger partial charge in [-0.2, -0.15) is 0 Å². The molecule has 22 heavy (non-hydrogen) atoms. The Morgan fingerprint density at radius 2 is 2.09 bits per heavy atom. The summed E-state index contributed by atoms with van der Waals surface area (Å²) >= 11 is 5.95. The summed E-state index contributed by atoms with van der Waals surface area (Å²) in [6, 6.07) is 8.83. The van der Waals surface area contributed by atoms with Crippen LogP contribution in [-0.4, -0.2) is 29.0 Å². The Balaban J connectivity index is 1.80. The van der Waals surface area contributed by atoms with Crippen LogP contribution in [0.3, 0.4) is 0 Å². The Bertz CT molecular complexity index is 743. The molecule has 5 nitrogen and oxygen atoms in total. The van der Waals surface area contributed by atoms with Gasteiger partial charge in [0.25, 0.3) is 5.91 Å². The van der Waals surface area contributed by atoms with Gasteiger partial charge in [-0.1, -0.05) is 29.8 Å². The van der Waals surface area contributed by atoms with Gasteiger partial charge in [0, 0.05) is 11.4 Å². The Morgan fingerprint density at radius 1 is 1.36 bits per heavy atom. The van der Waals surface area contributed by atoms with Crippen LogP contribution >= 0.6 is 11.6 Å². The minimum absolute atomic E-state index is 0.209. The zero-order chi connectivity index (χ0) is 15.7. The number of carbonyl (C=O) groups is 2. The first kappa shape index (κ1) is 14.8. The number of benzene rings is 1. The van der Waals surface area contributed by atoms with Crippen molar-refractivity contribution in [3.05, 3.63) is 41.0 Å². The molecule has 6 heteroatoms. The highest BCUT2D eigenvalue weighted by Crippen LogP contribution is 2.22. The lowest BCUT2D eigenvalue weighted by molar-refractivity contribution is -0.129. The number of amides is 1. The summed E-state index contributed by atoms with van der Waals surface area (Å²) < 4.78 is 5.25. The summed E-state index contributed by atoms with van der Waals surface area (Å²) in [5.74, 6) is -0.862. The highest BCUT2D eigenvalue weighted by atomic mass is 35.5. The van der Waals surface area contributed by atoms with Crippen LogP contribution in [-0.2, 0) is 9.53 Å². The summed E-state index contributed by atoms with van der Waals surface area (Å²) in [6.45, 7) is 1.56. The van der Waals surface area contributed by atoms with Gasteiger partial charge in [0.2, 0.25) is 0 Å². The van der Waals surface area contributed by atoms with Gasteiger partial charge in [-0.25, -0.2) is 9.78 Å². The Kier molecular flexibility index (Phi) is 3.98. The molecular formula is C16H15ClN2O3. The molecule has 1 aromatic carbocycles. The van der Waals surface area contributed by atoms with Gasteiger partial charge in [0.05, 0.1) is 11.1 Å². The van der Waals surface area contributed by atoms with E-state index in [-0.39, 0.29) is 17.1 Å². The standard InChI is InChI=1S/C16H15ClN2O3/c1-9(15(20)18-10-6-7-10)22-16(21)12-8-14(17)19-13-5-3-2-4-11(12)13/h2-5,8-10H,6-7H2,1H3,(H,18,20)/t9-/m0/s1. The molecule has 0 radical (unpaired) electrons. The van der Waals surface area contributed by atoms with Gasteiger partial charge in [-0.3, -0.25) is 4.79 Å². The van der Waals surface area contributed by atoms with Crippen LogP contribution in [0.15, 0.2) is 30.3 Å². The average molecular weight is 319 g/mol. The molecule has 0 saturated heterocycles. The van der Waals surface area contributed by atoms with Crippen LogP contribution < -0.4 is 5.32 Å². The molecule has 1 atom stereocenters. The molecule has 3 rings (SSSR count). The van der Waals surface area contributed by atoms with Crippen molar-refractivity contribution >= 4 is 34.4 Å². The quantitative estimate of drug-likeness (QED) is 0.695. The summed E-state index contributed by atoms with van der Waals surface area (Å²) in [5.41, 5.74) is 0.915. The SMILES string of the molecule is C[C@H](OC(=O)c1cc(Cl)nc2ccccc12)C(=O)NC1CC1. The predicted molar refractivity (Wildman–Crippen MR) is 82.8 cm³/mol. The lowest BCUT2D eigenvalue weighted by atomic mass is 10.1. The third kappa shape index (κ3) is 3.20. The molecule has 0 unspecified atom stereocenters. The van der Waals surface area contributed by atoms with Crippen molar-refractivity contribution in [2.24, 2.45) is 0 Å². The zero-order valence-electron chi connectivity index (χ0n) is 12.0. The van der Waals surface area contributed by atoms with E-state index in [0.29, 0.717) is 16.5 Å². The molecule has 1 aliphatic carbocycles. The fourth-order valence-electron chi connectivity index (χ4n) is 2.14. The van der Waals surface area contributed by atoms with Crippen molar-refractivity contribution in [3.8, 4) is 0 Å². The van der Waals surface area contributed by atoms with E-state index in [1.165, 1.54) is 6.07 Å². The van der Waals surface area contributed by atoms with E-state index in [1.54, 1.807) is 25.1 Å². The maximum Gasteiger partial charge on any atom is 0.339 e. The number of halogens is 1. The molecular weight excluding hydrogens is 304 g/mol. The highest BCUT2D eigenvalue weighted by Gasteiger charge is 2.27. The van der Waals surface area contributed by atoms with Crippen molar-refractivity contribution in [2.75, 3.05) is 0 Å². The summed E-state index contributed by atoms with van der Waals surface area (Å²) in [7, 11) is 0. The van der Waals surface area contributed by atoms with Gasteiger partial charge < -0.3 is 10.1 Å². The van der Waals surface area contributed by atoms with Crippen molar-refractivity contribution in [3.63, 3.8) is 0 Å². The highest BCUT2D eigenvalue weighted by molar-refractivity contribution is 6.30. The maximum absolute atomic E-state index is 12.3. The van der Waals surface area contributed by atoms with E-state index in [4.69, 9.17) is 16.3 Å². The maximum atomic E-state index is 12.3. The zero-order valence-corrected chi connectivity index (χ0v) is 12.8. The first-order chi connectivity index (χ1) is 10.5. The smallest absolute Gasteiger partial charge is 0.339 e. The fourth-order valence-corrected chi connectivity index (χ4v) is 2.34. The molecule has 1 heterocycles. The molecule has 1 amide bonds. The molecule has 114 valence electrons. The second kappa shape index (κ2) is 5.93. The number of pyridine rings is 1. The first-order valence-electron chi connectivity index (χ1n) is 7.11. The number of esters is 1. The van der Waals surface area contributed by atoms with Gasteiger partial charge in [-0.15, -0.1) is 0 Å². The van der Waals surface area contributed by atoms with Crippen molar-refractivity contribution in [1.82, 2.24) is 10.3 Å². The van der Waals surface area contributed by atoms with E-state index >= 15 is 0 Å². The number of aromatic nitrogens is 1. The average Bonchev–Trinajstić information content (AvgIpc) is 3.30. The van der Waals surface area contributed by atoms with Crippen LogP contribution in [0.4, 0.5) is 0 Å². The predicted octanol–water partition coefficient (Wildman–Crippen LogP) is 2.71. The lowest BCUT2D eigenvalue weighted by Crippen LogP contribution is -2.37. The van der Waals surface area contributed by atoms with Crippen LogP contribution in [0, 0.1) is 0 Å². The van der Waals surface area contributed by atoms with Gasteiger partial charge in [0.15, 0.2) is 6.10 Å². The number of carbonyl (C=O) groups excluding carboxylic acids is 2. The third-order valence-corrected chi connectivity index (χ3v) is 3.68. The number of rotatable bonds is 4. The molecule has 0 bridgehead atoms. The second-order valence-electron chi connectivity index (χ2n) is 5.34. The third-order valence-electron chi connectivity index (χ3n) is 3.48. The number of para-hydroxylation sites is 1. The second-order valence-corrected chi connectivity index (χ2v) is 5.73. The molecule has 1 N–H and O–H groups in total. The monoisotopic (exact) mass is 318 g/mol. The first-order valence-corrected chi connectivity index (χ1v) is 7.49. The van der Waals surface area contributed by atoms with E-state index in [1.807, 2.05) is 6.07 Å². The van der Waals surface area contributed by atoms with Crippen LogP contribution in [0.1, 0.15) is 30.1 Å². The molecule has 1 aliphatic rings. The summed E-state index contributed by atoms with van der Waals surface area (Å²) in [4.78, 5) is 28.4. The molecule has 1 aromatic heterocycles. The number of hydrogen-bond acceptors (Lipinski definition) is 4. The largest absolute Gasteiger partial charge is 0.449 e. The molecule has 0 spiro atoms. The van der Waals surface area contributed by atoms with Crippen LogP contribution in [0.5, 0.6) is 0 Å². The Hall–Kier alpha value is -2.14. The van der Waals surface area contributed by atoms with E-state index in [0.717, 1.165) is 12.8 Å². The lowest BCUT2D eigenvalue weighted by Gasteiger charge is -2.14. The fraction of sp³-hybridized carbons (Fsp3) is 0.312. The molecule has 0 aliphatic heterocycles. The van der Waals surface area contributed by atoms with Gasteiger partial charge >= 0.3 is 5.97 Å². The van der Waals surface area contributed by atoms with E-state index < -0.39 is 12.1 Å². The molecule has 2 aromatic rings. The van der Waals surface area contributed by atoms with Gasteiger partial charge in [0.1, 0.15) is 5.15 Å². The number of ether oxygens (including phenoxy) is 1. The minimum atomic E-state index is -0.848.